The monoisotopic (exact) mass is 399 g/mol. The van der Waals surface area contributed by atoms with Crippen molar-refractivity contribution in [2.24, 2.45) is 0 Å². The summed E-state index contributed by atoms with van der Waals surface area (Å²) < 4.78 is 37.5. The van der Waals surface area contributed by atoms with E-state index in [9.17, 15) is 13.2 Å². The summed E-state index contributed by atoms with van der Waals surface area (Å²) in [4.78, 5) is 12.5. The minimum atomic E-state index is -3.97. The third-order valence-corrected chi connectivity index (χ3v) is 6.26. The Balaban J connectivity index is 1.89. The van der Waals surface area contributed by atoms with E-state index in [-0.39, 0.29) is 28.0 Å². The minimum absolute atomic E-state index is 0.0653. The topological polar surface area (TPSA) is 102 Å². The zero-order chi connectivity index (χ0) is 18.9. The first-order chi connectivity index (χ1) is 12.3. The van der Waals surface area contributed by atoms with E-state index in [4.69, 9.17) is 20.9 Å². The Bertz CT molecular complexity index is 928. The molecule has 26 heavy (non-hydrogen) atoms. The second kappa shape index (κ2) is 7.26. The molecule has 1 aromatic carbocycles. The fourth-order valence-electron chi connectivity index (χ4n) is 2.90. The van der Waals surface area contributed by atoms with Gasteiger partial charge in [-0.1, -0.05) is 16.8 Å². The Morgan fingerprint density at radius 3 is 2.85 bits per heavy atom. The number of hydrogen-bond donors (Lipinski definition) is 1. The number of anilines is 1. The number of methoxy groups -OCH3 is 1. The van der Waals surface area contributed by atoms with Crippen LogP contribution in [0.5, 0.6) is 5.75 Å². The fourth-order valence-corrected chi connectivity index (χ4v) is 4.98. The summed E-state index contributed by atoms with van der Waals surface area (Å²) >= 11 is 5.96. The van der Waals surface area contributed by atoms with Gasteiger partial charge in [-0.2, -0.15) is 4.31 Å². The lowest BCUT2D eigenvalue weighted by Gasteiger charge is -2.24. The zero-order valence-corrected chi connectivity index (χ0v) is 15.8. The van der Waals surface area contributed by atoms with Gasteiger partial charge in [0, 0.05) is 17.6 Å². The number of aryl methyl sites for hydroxylation is 1. The average Bonchev–Trinajstić information content (AvgIpc) is 3.24. The second-order valence-corrected chi connectivity index (χ2v) is 8.18. The van der Waals surface area contributed by atoms with Crippen LogP contribution in [-0.2, 0) is 14.8 Å². The lowest BCUT2D eigenvalue weighted by Crippen LogP contribution is -2.43. The van der Waals surface area contributed by atoms with Crippen molar-refractivity contribution in [3.63, 3.8) is 0 Å². The molecular formula is C16H18ClN3O5S. The number of aromatic nitrogens is 1. The number of nitrogens with zero attached hydrogens (tertiary/aromatic N) is 2. The van der Waals surface area contributed by atoms with Gasteiger partial charge in [-0.15, -0.1) is 0 Å². The highest BCUT2D eigenvalue weighted by Gasteiger charge is 2.41. The molecule has 1 saturated heterocycles. The van der Waals surface area contributed by atoms with E-state index in [2.05, 4.69) is 10.5 Å². The summed E-state index contributed by atoms with van der Waals surface area (Å²) in [6.07, 6.45) is 0.975. The van der Waals surface area contributed by atoms with Crippen LogP contribution in [0.2, 0.25) is 5.02 Å². The Kier molecular flexibility index (Phi) is 5.22. The first-order valence-corrected chi connectivity index (χ1v) is 9.74. The lowest BCUT2D eigenvalue weighted by atomic mass is 10.2. The Morgan fingerprint density at radius 2 is 2.19 bits per heavy atom. The number of nitrogens with one attached hydrogen (secondary N) is 1. The molecule has 1 aliphatic rings. The maximum Gasteiger partial charge on any atom is 0.247 e. The van der Waals surface area contributed by atoms with Crippen LogP contribution in [0.3, 0.4) is 0 Å². The van der Waals surface area contributed by atoms with E-state index < -0.39 is 22.0 Å². The maximum absolute atomic E-state index is 13.1. The molecule has 0 bridgehead atoms. The van der Waals surface area contributed by atoms with Gasteiger partial charge < -0.3 is 14.6 Å². The highest BCUT2D eigenvalue weighted by molar-refractivity contribution is 7.89. The molecule has 140 valence electrons. The maximum atomic E-state index is 13.1. The first kappa shape index (κ1) is 18.7. The van der Waals surface area contributed by atoms with E-state index in [1.807, 2.05) is 0 Å². The SMILES string of the molecule is COc1ccc(Cl)cc1S(=O)(=O)N1CCC[C@H]1C(=O)Nc1cc(C)on1. The summed E-state index contributed by atoms with van der Waals surface area (Å²) in [5.74, 6) is 0.505. The molecule has 1 N–H and O–H groups in total. The van der Waals surface area contributed by atoms with Gasteiger partial charge in [-0.3, -0.25) is 4.79 Å². The Hall–Kier alpha value is -2.10. The fraction of sp³-hybridized carbons (Fsp3) is 0.375. The largest absolute Gasteiger partial charge is 0.495 e. The van der Waals surface area contributed by atoms with Gasteiger partial charge in [0.2, 0.25) is 15.9 Å². The standard InChI is InChI=1S/C16H18ClN3O5S/c1-10-8-15(19-25-10)18-16(21)12-4-3-7-20(12)26(22,23)14-9-11(17)5-6-13(14)24-2/h5-6,8-9,12H,3-4,7H2,1-2H3,(H,18,19,21)/t12-/m0/s1. The predicted octanol–water partition coefficient (Wildman–Crippen LogP) is 2.44. The summed E-state index contributed by atoms with van der Waals surface area (Å²) in [5, 5.41) is 6.56. The van der Waals surface area contributed by atoms with Crippen molar-refractivity contribution >= 4 is 33.3 Å². The molecule has 2 heterocycles. The molecule has 2 aromatic rings. The summed E-state index contributed by atoms with van der Waals surface area (Å²) in [7, 11) is -2.59. The van der Waals surface area contributed by atoms with E-state index in [0.29, 0.717) is 18.6 Å². The number of benzene rings is 1. The van der Waals surface area contributed by atoms with Crippen LogP contribution in [0.4, 0.5) is 5.82 Å². The predicted molar refractivity (Wildman–Crippen MR) is 94.8 cm³/mol. The average molecular weight is 400 g/mol. The van der Waals surface area contributed by atoms with Gasteiger partial charge >= 0.3 is 0 Å². The second-order valence-electron chi connectivity index (χ2n) is 5.88. The molecule has 0 aliphatic carbocycles. The normalized spacial score (nSPS) is 18.0. The Morgan fingerprint density at radius 1 is 1.42 bits per heavy atom. The summed E-state index contributed by atoms with van der Waals surface area (Å²) in [5.41, 5.74) is 0. The van der Waals surface area contributed by atoms with Crippen LogP contribution in [0.25, 0.3) is 0 Å². The zero-order valence-electron chi connectivity index (χ0n) is 14.2. The number of amides is 1. The van der Waals surface area contributed by atoms with Crippen LogP contribution >= 0.6 is 11.6 Å². The molecule has 3 rings (SSSR count). The molecule has 1 amide bonds. The van der Waals surface area contributed by atoms with Crippen molar-refractivity contribution in [3.05, 3.63) is 35.0 Å². The Labute approximate surface area is 156 Å². The van der Waals surface area contributed by atoms with Crippen molar-refractivity contribution in [1.29, 1.82) is 0 Å². The first-order valence-electron chi connectivity index (χ1n) is 7.92. The minimum Gasteiger partial charge on any atom is -0.495 e. The molecule has 1 atom stereocenters. The molecule has 1 aliphatic heterocycles. The van der Waals surface area contributed by atoms with Crippen molar-refractivity contribution in [1.82, 2.24) is 9.46 Å². The van der Waals surface area contributed by atoms with Gasteiger partial charge in [-0.25, -0.2) is 8.42 Å². The van der Waals surface area contributed by atoms with Gasteiger partial charge in [-0.05, 0) is 38.0 Å². The lowest BCUT2D eigenvalue weighted by molar-refractivity contribution is -0.119. The van der Waals surface area contributed by atoms with Crippen molar-refractivity contribution < 1.29 is 22.5 Å². The van der Waals surface area contributed by atoms with E-state index in [1.165, 1.54) is 23.5 Å². The molecular weight excluding hydrogens is 382 g/mol. The number of sulfonamides is 1. The van der Waals surface area contributed by atoms with Crippen molar-refractivity contribution in [3.8, 4) is 5.75 Å². The molecule has 0 unspecified atom stereocenters. The van der Waals surface area contributed by atoms with Gasteiger partial charge in [0.15, 0.2) is 5.82 Å². The number of halogens is 1. The molecule has 10 heteroatoms. The number of hydrogen-bond acceptors (Lipinski definition) is 6. The highest BCUT2D eigenvalue weighted by Crippen LogP contribution is 2.33. The summed E-state index contributed by atoms with van der Waals surface area (Å²) in [6.45, 7) is 1.92. The molecule has 0 radical (unpaired) electrons. The van der Waals surface area contributed by atoms with Crippen LogP contribution in [0, 0.1) is 6.92 Å². The van der Waals surface area contributed by atoms with Crippen LogP contribution < -0.4 is 10.1 Å². The molecule has 0 spiro atoms. The quantitative estimate of drug-likeness (QED) is 0.828. The van der Waals surface area contributed by atoms with Crippen molar-refractivity contribution in [2.45, 2.75) is 30.7 Å². The van der Waals surface area contributed by atoms with Gasteiger partial charge in [0.1, 0.15) is 22.4 Å². The third-order valence-electron chi connectivity index (χ3n) is 4.10. The highest BCUT2D eigenvalue weighted by atomic mass is 35.5. The molecule has 1 fully saturated rings. The van der Waals surface area contributed by atoms with Crippen LogP contribution in [0.15, 0.2) is 33.7 Å². The number of ether oxygens (including phenoxy) is 1. The third kappa shape index (κ3) is 3.55. The van der Waals surface area contributed by atoms with E-state index in [0.717, 1.165) is 0 Å². The number of carbonyl (C=O) groups excluding carboxylic acids is 1. The molecule has 8 nitrogen and oxygen atoms in total. The van der Waals surface area contributed by atoms with E-state index in [1.54, 1.807) is 19.1 Å². The van der Waals surface area contributed by atoms with E-state index >= 15 is 0 Å². The number of rotatable bonds is 5. The molecule has 0 saturated carbocycles. The number of carbonyl (C=O) groups is 1. The van der Waals surface area contributed by atoms with Crippen molar-refractivity contribution in [2.75, 3.05) is 19.0 Å². The van der Waals surface area contributed by atoms with Crippen LogP contribution in [0.1, 0.15) is 18.6 Å². The molecule has 1 aromatic heterocycles. The summed E-state index contributed by atoms with van der Waals surface area (Å²) in [6, 6.07) is 5.06. The van der Waals surface area contributed by atoms with Gasteiger partial charge in [0.05, 0.1) is 7.11 Å². The smallest absolute Gasteiger partial charge is 0.247 e. The van der Waals surface area contributed by atoms with Crippen LogP contribution in [-0.4, -0.2) is 43.5 Å². The van der Waals surface area contributed by atoms with Gasteiger partial charge in [0.25, 0.3) is 0 Å².